The van der Waals surface area contributed by atoms with Crippen LogP contribution in [-0.4, -0.2) is 9.97 Å². The fraction of sp³-hybridized carbons (Fsp3) is 0. The summed E-state index contributed by atoms with van der Waals surface area (Å²) in [5.74, 6) is 2.50. The number of aromatic nitrogens is 2. The van der Waals surface area contributed by atoms with E-state index in [0.717, 1.165) is 66.4 Å². The lowest BCUT2D eigenvalue weighted by Gasteiger charge is -2.23. The Morgan fingerprint density at radius 3 is 1.96 bits per heavy atom. The smallest absolute Gasteiger partial charge is 0.160 e. The Labute approximate surface area is 281 Å². The molecule has 1 aliphatic heterocycles. The first-order valence-corrected chi connectivity index (χ1v) is 16.9. The summed E-state index contributed by atoms with van der Waals surface area (Å²) >= 11 is 1.76. The molecule has 1 aliphatic rings. The average Bonchev–Trinajstić information content (AvgIpc) is 3.54. The third-order valence-corrected chi connectivity index (χ3v) is 10.5. The zero-order valence-electron chi connectivity index (χ0n) is 25.7. The van der Waals surface area contributed by atoms with Gasteiger partial charge in [-0.1, -0.05) is 133 Å². The maximum Gasteiger partial charge on any atom is 0.160 e. The Bertz CT molecular complexity index is 2680. The Morgan fingerprint density at radius 1 is 0.438 bits per heavy atom. The molecule has 0 saturated heterocycles. The van der Waals surface area contributed by atoms with Crippen LogP contribution in [0.1, 0.15) is 0 Å². The molecule has 4 heteroatoms. The molecule has 2 aromatic heterocycles. The monoisotopic (exact) mass is 630 g/mol. The largest absolute Gasteiger partial charge is 0.456 e. The van der Waals surface area contributed by atoms with Crippen LogP contribution in [0.25, 0.3) is 87.1 Å². The van der Waals surface area contributed by atoms with Crippen LogP contribution in [-0.2, 0) is 0 Å². The molecule has 10 rings (SSSR count). The molecule has 9 aromatic rings. The third-order valence-electron chi connectivity index (χ3n) is 9.32. The number of hydrogen-bond donors (Lipinski definition) is 0. The maximum absolute atomic E-state index is 6.57. The summed E-state index contributed by atoms with van der Waals surface area (Å²) in [6.07, 6.45) is 0. The van der Waals surface area contributed by atoms with Gasteiger partial charge < -0.3 is 4.74 Å². The van der Waals surface area contributed by atoms with Gasteiger partial charge in [0.05, 0.1) is 15.9 Å². The van der Waals surface area contributed by atoms with E-state index in [1.54, 1.807) is 11.3 Å². The van der Waals surface area contributed by atoms with Gasteiger partial charge in [-0.05, 0) is 57.5 Å². The topological polar surface area (TPSA) is 35.0 Å². The first-order chi connectivity index (χ1) is 23.8. The molecule has 0 unspecified atom stereocenters. The van der Waals surface area contributed by atoms with Crippen LogP contribution in [0.2, 0.25) is 0 Å². The molecule has 0 bridgehead atoms. The van der Waals surface area contributed by atoms with Crippen molar-refractivity contribution in [1.82, 2.24) is 9.97 Å². The van der Waals surface area contributed by atoms with Crippen molar-refractivity contribution < 1.29 is 4.74 Å². The second-order valence-electron chi connectivity index (χ2n) is 12.1. The summed E-state index contributed by atoms with van der Waals surface area (Å²) < 4.78 is 8.91. The van der Waals surface area contributed by atoms with Gasteiger partial charge in [-0.25, -0.2) is 9.97 Å². The van der Waals surface area contributed by atoms with Crippen LogP contribution in [0, 0.1) is 0 Å². The molecular formula is C44H26N2OS. The van der Waals surface area contributed by atoms with E-state index in [-0.39, 0.29) is 0 Å². The maximum atomic E-state index is 6.57. The highest BCUT2D eigenvalue weighted by Crippen LogP contribution is 2.49. The second kappa shape index (κ2) is 10.7. The number of nitrogens with zero attached hydrogens (tertiary/aromatic N) is 2. The van der Waals surface area contributed by atoms with E-state index in [1.807, 2.05) is 12.1 Å². The van der Waals surface area contributed by atoms with Gasteiger partial charge in [0.15, 0.2) is 5.82 Å². The van der Waals surface area contributed by atoms with Gasteiger partial charge in [0.1, 0.15) is 11.5 Å². The summed E-state index contributed by atoms with van der Waals surface area (Å²) in [6.45, 7) is 0. The van der Waals surface area contributed by atoms with E-state index in [1.165, 1.54) is 32.2 Å². The van der Waals surface area contributed by atoms with E-state index < -0.39 is 0 Å². The number of ether oxygens (including phenoxy) is 1. The predicted molar refractivity (Wildman–Crippen MR) is 200 cm³/mol. The molecule has 224 valence electrons. The van der Waals surface area contributed by atoms with Crippen molar-refractivity contribution in [1.29, 1.82) is 0 Å². The summed E-state index contributed by atoms with van der Waals surface area (Å²) in [5, 5.41) is 3.48. The zero-order valence-corrected chi connectivity index (χ0v) is 26.5. The molecule has 0 radical (unpaired) electrons. The number of rotatable bonds is 4. The van der Waals surface area contributed by atoms with Crippen molar-refractivity contribution in [2.75, 3.05) is 0 Å². The first kappa shape index (κ1) is 27.1. The number of benzene rings is 7. The first-order valence-electron chi connectivity index (χ1n) is 16.1. The molecular weight excluding hydrogens is 605 g/mol. The fourth-order valence-electron chi connectivity index (χ4n) is 7.00. The average molecular weight is 631 g/mol. The van der Waals surface area contributed by atoms with Crippen molar-refractivity contribution in [3.8, 4) is 67.5 Å². The minimum atomic E-state index is 0.730. The normalized spacial score (nSPS) is 11.9. The number of fused-ring (bicyclic) bond motifs is 5. The zero-order chi connectivity index (χ0) is 31.6. The lowest BCUT2D eigenvalue weighted by molar-refractivity contribution is 0.487. The summed E-state index contributed by atoms with van der Waals surface area (Å²) in [4.78, 5) is 10.3. The Kier molecular flexibility index (Phi) is 6.05. The van der Waals surface area contributed by atoms with Gasteiger partial charge in [-0.2, -0.15) is 0 Å². The van der Waals surface area contributed by atoms with Gasteiger partial charge in [-0.3, -0.25) is 0 Å². The number of thiophene rings is 1. The fourth-order valence-corrected chi connectivity index (χ4v) is 8.16. The third kappa shape index (κ3) is 4.27. The molecule has 7 aromatic carbocycles. The van der Waals surface area contributed by atoms with Gasteiger partial charge in [0.25, 0.3) is 0 Å². The molecule has 0 amide bonds. The molecule has 3 heterocycles. The Balaban J connectivity index is 1.07. The molecule has 0 saturated carbocycles. The predicted octanol–water partition coefficient (Wildman–Crippen LogP) is 12.4. The Morgan fingerprint density at radius 2 is 1.12 bits per heavy atom. The standard InChI is InChI=1S/C44H26N2OS/c1-3-10-27(11-4-1)31-22-23-33-35-16-9-15-34-32(24-25-37(40(34)35)47-38(33)26-31)28-18-20-30(21-19-28)44-45-41(29-12-5-2-6-13-29)43-42(46-44)36-14-7-8-17-39(36)48-43/h1-26H. The highest BCUT2D eigenvalue weighted by molar-refractivity contribution is 7.26. The van der Waals surface area contributed by atoms with Crippen LogP contribution in [0.3, 0.4) is 0 Å². The van der Waals surface area contributed by atoms with E-state index in [4.69, 9.17) is 14.7 Å². The van der Waals surface area contributed by atoms with Crippen LogP contribution in [0.15, 0.2) is 158 Å². The molecule has 48 heavy (non-hydrogen) atoms. The second-order valence-corrected chi connectivity index (χ2v) is 13.2. The number of hydrogen-bond acceptors (Lipinski definition) is 4. The van der Waals surface area contributed by atoms with Crippen molar-refractivity contribution in [3.05, 3.63) is 158 Å². The van der Waals surface area contributed by atoms with E-state index in [9.17, 15) is 0 Å². The molecule has 0 fully saturated rings. The van der Waals surface area contributed by atoms with Crippen LogP contribution < -0.4 is 4.74 Å². The summed E-state index contributed by atoms with van der Waals surface area (Å²) in [6, 6.07) is 55.4. The highest BCUT2D eigenvalue weighted by Gasteiger charge is 2.22. The highest BCUT2D eigenvalue weighted by atomic mass is 32.1. The van der Waals surface area contributed by atoms with Crippen molar-refractivity contribution in [3.63, 3.8) is 0 Å². The quantitative estimate of drug-likeness (QED) is 0.194. The van der Waals surface area contributed by atoms with E-state index in [0.29, 0.717) is 0 Å². The van der Waals surface area contributed by atoms with E-state index in [2.05, 4.69) is 146 Å². The van der Waals surface area contributed by atoms with Gasteiger partial charge >= 0.3 is 0 Å². The minimum Gasteiger partial charge on any atom is -0.456 e. The molecule has 0 atom stereocenters. The van der Waals surface area contributed by atoms with Gasteiger partial charge in [-0.15, -0.1) is 11.3 Å². The van der Waals surface area contributed by atoms with Gasteiger partial charge in [0.2, 0.25) is 0 Å². The lowest BCUT2D eigenvalue weighted by Crippen LogP contribution is -1.98. The molecule has 3 nitrogen and oxygen atoms in total. The summed E-state index contributed by atoms with van der Waals surface area (Å²) in [7, 11) is 0. The van der Waals surface area contributed by atoms with Crippen LogP contribution in [0.5, 0.6) is 11.5 Å². The Hall–Kier alpha value is -6.10. The van der Waals surface area contributed by atoms with Gasteiger partial charge in [0, 0.05) is 32.2 Å². The molecule has 0 N–H and O–H groups in total. The lowest BCUT2D eigenvalue weighted by atomic mass is 9.89. The van der Waals surface area contributed by atoms with Crippen molar-refractivity contribution in [2.24, 2.45) is 0 Å². The summed E-state index contributed by atoms with van der Waals surface area (Å²) in [5.41, 5.74) is 11.0. The van der Waals surface area contributed by atoms with Crippen LogP contribution in [0.4, 0.5) is 0 Å². The van der Waals surface area contributed by atoms with Crippen molar-refractivity contribution in [2.45, 2.75) is 0 Å². The minimum absolute atomic E-state index is 0.730. The molecule has 0 aliphatic carbocycles. The molecule has 0 spiro atoms. The van der Waals surface area contributed by atoms with Crippen molar-refractivity contribution >= 4 is 42.4 Å². The van der Waals surface area contributed by atoms with Crippen LogP contribution >= 0.6 is 11.3 Å². The SMILES string of the molecule is c1ccc(-c2ccc3c(c2)Oc2ccc(-c4ccc(-c5nc(-c6ccccc6)c6sc7ccccc7c6n5)cc4)c4cccc-3c24)cc1. The van der Waals surface area contributed by atoms with E-state index >= 15 is 0 Å².